The molecule has 1 aromatic heterocycles. The molecule has 1 unspecified atom stereocenters. The minimum atomic E-state index is 0.309. The fourth-order valence-corrected chi connectivity index (χ4v) is 2.89. The van der Waals surface area contributed by atoms with E-state index >= 15 is 0 Å². The van der Waals surface area contributed by atoms with Gasteiger partial charge in [-0.2, -0.15) is 0 Å². The van der Waals surface area contributed by atoms with E-state index in [1.807, 2.05) is 19.4 Å². The Morgan fingerprint density at radius 2 is 2.20 bits per heavy atom. The van der Waals surface area contributed by atoms with Crippen molar-refractivity contribution in [3.63, 3.8) is 0 Å². The molecule has 0 amide bonds. The lowest BCUT2D eigenvalue weighted by atomic mass is 9.98. The van der Waals surface area contributed by atoms with E-state index in [1.165, 1.54) is 11.1 Å². The van der Waals surface area contributed by atoms with E-state index in [1.54, 1.807) is 0 Å². The molecule has 0 saturated carbocycles. The van der Waals surface area contributed by atoms with Gasteiger partial charge in [-0.25, -0.2) is 4.98 Å². The van der Waals surface area contributed by atoms with Crippen molar-refractivity contribution in [1.82, 2.24) is 14.9 Å². The first-order valence-corrected chi connectivity index (χ1v) is 7.86. The van der Waals surface area contributed by atoms with Gasteiger partial charge in [0.1, 0.15) is 5.82 Å². The predicted octanol–water partition coefficient (Wildman–Crippen LogP) is 3.77. The molecular formula is C16H22BrN3. The number of nitrogens with one attached hydrogen (secondary N) is 1. The lowest BCUT2D eigenvalue weighted by Crippen LogP contribution is -2.25. The summed E-state index contributed by atoms with van der Waals surface area (Å²) in [6.45, 7) is 5.38. The van der Waals surface area contributed by atoms with E-state index in [0.717, 1.165) is 29.7 Å². The number of hydrogen-bond donors (Lipinski definition) is 1. The van der Waals surface area contributed by atoms with Crippen LogP contribution < -0.4 is 5.32 Å². The second kappa shape index (κ2) is 7.04. The third kappa shape index (κ3) is 3.70. The molecule has 1 heterocycles. The molecule has 2 aromatic rings. The molecule has 3 nitrogen and oxygen atoms in total. The van der Waals surface area contributed by atoms with Gasteiger partial charge in [-0.05, 0) is 43.1 Å². The van der Waals surface area contributed by atoms with Gasteiger partial charge in [-0.3, -0.25) is 0 Å². The molecule has 20 heavy (non-hydrogen) atoms. The van der Waals surface area contributed by atoms with Crippen molar-refractivity contribution in [2.75, 3.05) is 6.54 Å². The Balaban J connectivity index is 2.24. The summed E-state index contributed by atoms with van der Waals surface area (Å²) in [4.78, 5) is 4.45. The standard InChI is InChI=1S/C16H22BrN3/c1-4-7-18-15(11-16-19-8-9-20(16)3)14-6-5-13(17)10-12(14)2/h5-6,8-10,15,18H,4,7,11H2,1-3H3. The zero-order valence-corrected chi connectivity index (χ0v) is 13.9. The first-order chi connectivity index (χ1) is 9.61. The Kier molecular flexibility index (Phi) is 5.38. The van der Waals surface area contributed by atoms with E-state index in [0.29, 0.717) is 6.04 Å². The fourth-order valence-electron chi connectivity index (χ4n) is 2.42. The summed E-state index contributed by atoms with van der Waals surface area (Å²) in [5, 5.41) is 3.64. The molecule has 0 fully saturated rings. The third-order valence-electron chi connectivity index (χ3n) is 3.56. The zero-order valence-electron chi connectivity index (χ0n) is 12.4. The number of imidazole rings is 1. The monoisotopic (exact) mass is 335 g/mol. The highest BCUT2D eigenvalue weighted by molar-refractivity contribution is 9.10. The Labute approximate surface area is 129 Å². The molecule has 0 bridgehead atoms. The summed E-state index contributed by atoms with van der Waals surface area (Å²) in [6, 6.07) is 6.80. The number of hydrogen-bond acceptors (Lipinski definition) is 2. The maximum absolute atomic E-state index is 4.45. The van der Waals surface area contributed by atoms with Crippen molar-refractivity contribution in [3.8, 4) is 0 Å². The largest absolute Gasteiger partial charge is 0.338 e. The van der Waals surface area contributed by atoms with Gasteiger partial charge in [-0.15, -0.1) is 0 Å². The highest BCUT2D eigenvalue weighted by Gasteiger charge is 2.16. The number of nitrogens with zero attached hydrogens (tertiary/aromatic N) is 2. The van der Waals surface area contributed by atoms with E-state index in [4.69, 9.17) is 0 Å². The van der Waals surface area contributed by atoms with Gasteiger partial charge in [0.15, 0.2) is 0 Å². The van der Waals surface area contributed by atoms with Crippen molar-refractivity contribution in [2.24, 2.45) is 7.05 Å². The van der Waals surface area contributed by atoms with E-state index in [9.17, 15) is 0 Å². The Hall–Kier alpha value is -1.13. The summed E-state index contributed by atoms with van der Waals surface area (Å²) < 4.78 is 3.22. The van der Waals surface area contributed by atoms with E-state index in [2.05, 4.69) is 62.8 Å². The average Bonchev–Trinajstić information content (AvgIpc) is 2.80. The predicted molar refractivity (Wildman–Crippen MR) is 86.8 cm³/mol. The first-order valence-electron chi connectivity index (χ1n) is 7.07. The highest BCUT2D eigenvalue weighted by atomic mass is 79.9. The van der Waals surface area contributed by atoms with Crippen LogP contribution in [0.3, 0.4) is 0 Å². The van der Waals surface area contributed by atoms with Crippen LogP contribution in [0.25, 0.3) is 0 Å². The summed E-state index contributed by atoms with van der Waals surface area (Å²) in [6.07, 6.45) is 5.90. The van der Waals surface area contributed by atoms with Crippen LogP contribution >= 0.6 is 15.9 Å². The number of aryl methyl sites for hydroxylation is 2. The maximum atomic E-state index is 4.45. The third-order valence-corrected chi connectivity index (χ3v) is 4.05. The van der Waals surface area contributed by atoms with Crippen LogP contribution in [0.15, 0.2) is 35.1 Å². The van der Waals surface area contributed by atoms with Gasteiger partial charge in [-0.1, -0.05) is 28.9 Å². The Morgan fingerprint density at radius 3 is 2.80 bits per heavy atom. The van der Waals surface area contributed by atoms with Crippen molar-refractivity contribution < 1.29 is 0 Å². The molecule has 0 radical (unpaired) electrons. The lowest BCUT2D eigenvalue weighted by Gasteiger charge is -2.21. The van der Waals surface area contributed by atoms with Gasteiger partial charge in [0.25, 0.3) is 0 Å². The number of halogens is 1. The summed E-state index contributed by atoms with van der Waals surface area (Å²) in [7, 11) is 2.05. The second-order valence-corrected chi connectivity index (χ2v) is 6.08. The van der Waals surface area contributed by atoms with Crippen LogP contribution in [-0.4, -0.2) is 16.1 Å². The van der Waals surface area contributed by atoms with E-state index < -0.39 is 0 Å². The quantitative estimate of drug-likeness (QED) is 0.870. The fraction of sp³-hybridized carbons (Fsp3) is 0.438. The molecule has 1 atom stereocenters. The van der Waals surface area contributed by atoms with Gasteiger partial charge >= 0.3 is 0 Å². The number of benzene rings is 1. The molecule has 0 spiro atoms. The molecule has 108 valence electrons. The van der Waals surface area contributed by atoms with Crippen molar-refractivity contribution in [3.05, 3.63) is 52.0 Å². The minimum Gasteiger partial charge on any atom is -0.338 e. The Morgan fingerprint density at radius 1 is 1.40 bits per heavy atom. The summed E-state index contributed by atoms with van der Waals surface area (Å²) in [5.41, 5.74) is 2.66. The van der Waals surface area contributed by atoms with Crippen molar-refractivity contribution >= 4 is 15.9 Å². The number of aromatic nitrogens is 2. The Bertz CT molecular complexity index is 563. The second-order valence-electron chi connectivity index (χ2n) is 5.17. The summed E-state index contributed by atoms with van der Waals surface area (Å²) >= 11 is 3.53. The van der Waals surface area contributed by atoms with Gasteiger partial charge in [0.05, 0.1) is 0 Å². The van der Waals surface area contributed by atoms with Gasteiger partial charge in [0.2, 0.25) is 0 Å². The van der Waals surface area contributed by atoms with Crippen LogP contribution in [0.5, 0.6) is 0 Å². The zero-order chi connectivity index (χ0) is 14.5. The molecule has 0 aliphatic rings. The molecule has 0 aliphatic heterocycles. The van der Waals surface area contributed by atoms with E-state index in [-0.39, 0.29) is 0 Å². The SMILES string of the molecule is CCCNC(Cc1nccn1C)c1ccc(Br)cc1C. The highest BCUT2D eigenvalue weighted by Crippen LogP contribution is 2.24. The van der Waals surface area contributed by atoms with Gasteiger partial charge < -0.3 is 9.88 Å². The average molecular weight is 336 g/mol. The minimum absolute atomic E-state index is 0.309. The molecule has 1 aromatic carbocycles. The lowest BCUT2D eigenvalue weighted by molar-refractivity contribution is 0.510. The van der Waals surface area contributed by atoms with Crippen molar-refractivity contribution in [1.29, 1.82) is 0 Å². The van der Waals surface area contributed by atoms with Gasteiger partial charge in [0, 0.05) is 36.4 Å². The van der Waals surface area contributed by atoms with Crippen LogP contribution in [0.4, 0.5) is 0 Å². The van der Waals surface area contributed by atoms with Crippen LogP contribution in [0, 0.1) is 6.92 Å². The number of rotatable bonds is 6. The molecule has 0 saturated heterocycles. The maximum Gasteiger partial charge on any atom is 0.110 e. The molecular weight excluding hydrogens is 314 g/mol. The summed E-state index contributed by atoms with van der Waals surface area (Å²) in [5.74, 6) is 1.11. The topological polar surface area (TPSA) is 29.9 Å². The molecule has 0 aliphatic carbocycles. The van der Waals surface area contributed by atoms with Crippen LogP contribution in [0.2, 0.25) is 0 Å². The first kappa shape index (κ1) is 15.3. The normalized spacial score (nSPS) is 12.6. The smallest absolute Gasteiger partial charge is 0.110 e. The van der Waals surface area contributed by atoms with Crippen molar-refractivity contribution in [2.45, 2.75) is 32.7 Å². The van der Waals surface area contributed by atoms with Crippen LogP contribution in [-0.2, 0) is 13.5 Å². The molecule has 1 N–H and O–H groups in total. The molecule has 2 rings (SSSR count). The molecule has 4 heteroatoms. The van der Waals surface area contributed by atoms with Crippen LogP contribution in [0.1, 0.15) is 36.3 Å².